The molecule has 0 bridgehead atoms. The standard InChI is InChI=1S/C24H25FN4O2S/c1-4-14(2)20-23(31)29-21(28-20)18-7-5-6-8-19(18)27-24(29)32-15(3)22(30)26-13-16-9-11-17(25)12-10-16/h5-12,14-15,20H,4,13H2,1-3H3,(H,26,30)/t14-,15+,20-/m0/s1. The van der Waals surface area contributed by atoms with Crippen molar-refractivity contribution in [3.63, 3.8) is 0 Å². The van der Waals surface area contributed by atoms with Crippen molar-refractivity contribution in [1.29, 1.82) is 0 Å². The van der Waals surface area contributed by atoms with Gasteiger partial charge in [-0.1, -0.05) is 56.3 Å². The van der Waals surface area contributed by atoms with Gasteiger partial charge in [-0.25, -0.2) is 14.3 Å². The Morgan fingerprint density at radius 3 is 2.62 bits per heavy atom. The van der Waals surface area contributed by atoms with Crippen LogP contribution in [0.3, 0.4) is 0 Å². The van der Waals surface area contributed by atoms with Gasteiger partial charge < -0.3 is 5.32 Å². The molecule has 4 rings (SSSR count). The van der Waals surface area contributed by atoms with Gasteiger partial charge in [0.25, 0.3) is 5.91 Å². The first kappa shape index (κ1) is 22.2. The van der Waals surface area contributed by atoms with Crippen LogP contribution >= 0.6 is 11.8 Å². The fraction of sp³-hybridized carbons (Fsp3) is 0.333. The first-order chi connectivity index (χ1) is 15.4. The highest BCUT2D eigenvalue weighted by molar-refractivity contribution is 8.15. The molecule has 2 aliphatic rings. The van der Waals surface area contributed by atoms with Crippen molar-refractivity contribution in [2.75, 3.05) is 0 Å². The number of fused-ring (bicyclic) bond motifs is 3. The minimum Gasteiger partial charge on any atom is -0.351 e. The van der Waals surface area contributed by atoms with Crippen molar-refractivity contribution in [3.05, 3.63) is 65.5 Å². The topological polar surface area (TPSA) is 74.1 Å². The zero-order valence-electron chi connectivity index (χ0n) is 18.2. The van der Waals surface area contributed by atoms with E-state index in [1.807, 2.05) is 38.1 Å². The van der Waals surface area contributed by atoms with Crippen molar-refractivity contribution in [2.24, 2.45) is 15.9 Å². The summed E-state index contributed by atoms with van der Waals surface area (Å²) in [6.45, 7) is 6.13. The minimum atomic E-state index is -0.490. The van der Waals surface area contributed by atoms with Crippen LogP contribution in [0.15, 0.2) is 58.5 Å². The number of hydrogen-bond acceptors (Lipinski definition) is 5. The van der Waals surface area contributed by atoms with Crippen LogP contribution in [0, 0.1) is 11.7 Å². The molecule has 0 saturated carbocycles. The maximum Gasteiger partial charge on any atom is 0.259 e. The van der Waals surface area contributed by atoms with Crippen molar-refractivity contribution >= 4 is 40.3 Å². The average Bonchev–Trinajstić information content (AvgIpc) is 3.15. The molecule has 1 N–H and O–H groups in total. The molecule has 2 heterocycles. The molecule has 2 aliphatic heterocycles. The van der Waals surface area contributed by atoms with Gasteiger partial charge in [-0.05, 0) is 42.7 Å². The summed E-state index contributed by atoms with van der Waals surface area (Å²) in [6.07, 6.45) is 0.838. The monoisotopic (exact) mass is 452 g/mol. The molecule has 0 spiro atoms. The maximum atomic E-state index is 13.2. The van der Waals surface area contributed by atoms with Crippen LogP contribution in [0.4, 0.5) is 10.1 Å². The van der Waals surface area contributed by atoms with E-state index in [1.165, 1.54) is 23.9 Å². The van der Waals surface area contributed by atoms with Crippen LogP contribution in [0.2, 0.25) is 0 Å². The number of thioether (sulfide) groups is 1. The van der Waals surface area contributed by atoms with Crippen molar-refractivity contribution < 1.29 is 14.0 Å². The van der Waals surface area contributed by atoms with E-state index in [2.05, 4.69) is 5.32 Å². The minimum absolute atomic E-state index is 0.103. The Balaban J connectivity index is 1.53. The van der Waals surface area contributed by atoms with E-state index < -0.39 is 11.3 Å². The number of amides is 2. The van der Waals surface area contributed by atoms with Crippen LogP contribution in [0.1, 0.15) is 38.3 Å². The summed E-state index contributed by atoms with van der Waals surface area (Å²) in [5.41, 5.74) is 2.37. The van der Waals surface area contributed by atoms with Gasteiger partial charge in [-0.2, -0.15) is 0 Å². The Morgan fingerprint density at radius 1 is 1.19 bits per heavy atom. The van der Waals surface area contributed by atoms with E-state index in [9.17, 15) is 14.0 Å². The normalized spacial score (nSPS) is 18.9. The molecule has 0 unspecified atom stereocenters. The second-order valence-electron chi connectivity index (χ2n) is 7.97. The predicted molar refractivity (Wildman–Crippen MR) is 125 cm³/mol. The number of carbonyl (C=O) groups is 2. The Bertz CT molecular complexity index is 1100. The SMILES string of the molecule is CC[C@H](C)[C@@H]1N=C2c3ccccc3N=C(S[C@H](C)C(=O)NCc3ccc(F)cc3)N2C1=O. The Morgan fingerprint density at radius 2 is 1.91 bits per heavy atom. The lowest BCUT2D eigenvalue weighted by Crippen LogP contribution is -2.43. The summed E-state index contributed by atoms with van der Waals surface area (Å²) in [4.78, 5) is 36.9. The molecular formula is C24H25FN4O2S. The van der Waals surface area contributed by atoms with Gasteiger partial charge in [0.05, 0.1) is 10.9 Å². The van der Waals surface area contributed by atoms with Crippen molar-refractivity contribution in [2.45, 2.75) is 45.0 Å². The summed E-state index contributed by atoms with van der Waals surface area (Å²) in [5, 5.41) is 2.83. The van der Waals surface area contributed by atoms with E-state index in [1.54, 1.807) is 24.0 Å². The third-order valence-electron chi connectivity index (χ3n) is 5.71. The van der Waals surface area contributed by atoms with E-state index in [4.69, 9.17) is 9.98 Å². The quantitative estimate of drug-likeness (QED) is 0.711. The number of hydrogen-bond donors (Lipinski definition) is 1. The lowest BCUT2D eigenvalue weighted by atomic mass is 10.00. The number of amidine groups is 2. The number of nitrogens with one attached hydrogen (secondary N) is 1. The fourth-order valence-electron chi connectivity index (χ4n) is 3.59. The number of carbonyl (C=O) groups excluding carboxylic acids is 2. The smallest absolute Gasteiger partial charge is 0.259 e. The zero-order chi connectivity index (χ0) is 22.8. The Kier molecular flexibility index (Phi) is 6.41. The average molecular weight is 453 g/mol. The second-order valence-corrected chi connectivity index (χ2v) is 9.28. The summed E-state index contributed by atoms with van der Waals surface area (Å²) in [6, 6.07) is 13.1. The molecule has 2 aromatic rings. The second kappa shape index (κ2) is 9.24. The molecule has 0 aromatic heterocycles. The summed E-state index contributed by atoms with van der Waals surface area (Å²) in [7, 11) is 0. The van der Waals surface area contributed by atoms with Gasteiger partial charge in [0, 0.05) is 12.1 Å². The van der Waals surface area contributed by atoms with Crippen LogP contribution in [-0.2, 0) is 16.1 Å². The number of aliphatic imine (C=N–C) groups is 2. The maximum absolute atomic E-state index is 13.2. The molecule has 2 aromatic carbocycles. The summed E-state index contributed by atoms with van der Waals surface area (Å²) >= 11 is 1.23. The predicted octanol–water partition coefficient (Wildman–Crippen LogP) is 4.27. The molecule has 3 atom stereocenters. The van der Waals surface area contributed by atoms with Gasteiger partial charge in [0.1, 0.15) is 17.7 Å². The number of para-hydroxylation sites is 1. The van der Waals surface area contributed by atoms with Gasteiger partial charge in [0.2, 0.25) is 5.91 Å². The molecule has 0 fully saturated rings. The van der Waals surface area contributed by atoms with E-state index in [0.717, 1.165) is 23.2 Å². The fourth-order valence-corrected chi connectivity index (χ4v) is 4.53. The van der Waals surface area contributed by atoms with Crippen molar-refractivity contribution in [1.82, 2.24) is 10.2 Å². The highest BCUT2D eigenvalue weighted by Gasteiger charge is 2.43. The van der Waals surface area contributed by atoms with Gasteiger partial charge in [-0.15, -0.1) is 0 Å². The molecule has 0 saturated heterocycles. The lowest BCUT2D eigenvalue weighted by Gasteiger charge is -2.27. The molecule has 0 radical (unpaired) electrons. The van der Waals surface area contributed by atoms with Crippen molar-refractivity contribution in [3.8, 4) is 0 Å². The number of rotatable bonds is 6. The molecule has 2 amide bonds. The Labute approximate surface area is 191 Å². The van der Waals surface area contributed by atoms with Crippen LogP contribution < -0.4 is 5.32 Å². The number of halogens is 1. The molecule has 32 heavy (non-hydrogen) atoms. The van der Waals surface area contributed by atoms with Gasteiger partial charge in [0.15, 0.2) is 5.17 Å². The Hall–Kier alpha value is -3.00. The van der Waals surface area contributed by atoms with E-state index in [-0.39, 0.29) is 23.5 Å². The van der Waals surface area contributed by atoms with Gasteiger partial charge in [-0.3, -0.25) is 14.6 Å². The molecular weight excluding hydrogens is 427 g/mol. The zero-order valence-corrected chi connectivity index (χ0v) is 19.0. The van der Waals surface area contributed by atoms with Gasteiger partial charge >= 0.3 is 0 Å². The lowest BCUT2D eigenvalue weighted by molar-refractivity contribution is -0.125. The summed E-state index contributed by atoms with van der Waals surface area (Å²) in [5.74, 6) is 0.101. The number of nitrogens with zero attached hydrogens (tertiary/aromatic N) is 3. The van der Waals surface area contributed by atoms with E-state index in [0.29, 0.717) is 17.5 Å². The third-order valence-corrected chi connectivity index (χ3v) is 6.77. The van der Waals surface area contributed by atoms with Crippen LogP contribution in [-0.4, -0.2) is 39.0 Å². The first-order valence-corrected chi connectivity index (χ1v) is 11.6. The highest BCUT2D eigenvalue weighted by atomic mass is 32.2. The summed E-state index contributed by atoms with van der Waals surface area (Å²) < 4.78 is 13.1. The molecule has 6 nitrogen and oxygen atoms in total. The van der Waals surface area contributed by atoms with Crippen LogP contribution in [0.5, 0.6) is 0 Å². The first-order valence-electron chi connectivity index (χ1n) is 10.7. The molecule has 166 valence electrons. The highest BCUT2D eigenvalue weighted by Crippen LogP contribution is 2.36. The third kappa shape index (κ3) is 4.32. The van der Waals surface area contributed by atoms with Crippen LogP contribution in [0.25, 0.3) is 0 Å². The largest absolute Gasteiger partial charge is 0.351 e. The number of benzene rings is 2. The molecule has 0 aliphatic carbocycles. The van der Waals surface area contributed by atoms with E-state index >= 15 is 0 Å². The molecule has 8 heteroatoms.